The maximum atomic E-state index is 13.8. The van der Waals surface area contributed by atoms with Crippen LogP contribution < -0.4 is 0 Å². The van der Waals surface area contributed by atoms with Gasteiger partial charge in [0, 0.05) is 23.4 Å². The van der Waals surface area contributed by atoms with Crippen molar-refractivity contribution in [3.63, 3.8) is 0 Å². The predicted octanol–water partition coefficient (Wildman–Crippen LogP) is 3.31. The average molecular weight is 317 g/mol. The van der Waals surface area contributed by atoms with Crippen LogP contribution in [0.25, 0.3) is 0 Å². The molecule has 2 rings (SSSR count). The maximum Gasteiger partial charge on any atom is 0.126 e. The maximum absolute atomic E-state index is 13.8. The van der Waals surface area contributed by atoms with E-state index in [1.165, 1.54) is 6.07 Å². The first-order chi connectivity index (χ1) is 8.55. The summed E-state index contributed by atoms with van der Waals surface area (Å²) in [6.45, 7) is 3.20. The quantitative estimate of drug-likeness (QED) is 0.923. The number of halogens is 2. The van der Waals surface area contributed by atoms with Gasteiger partial charge in [-0.3, -0.25) is 0 Å². The normalized spacial score (nSPS) is 23.0. The SMILES string of the molecule is CCC(O)(Cc1cc(Br)ccc1F)C1CCOC1. The van der Waals surface area contributed by atoms with Gasteiger partial charge in [-0.2, -0.15) is 0 Å². The predicted molar refractivity (Wildman–Crippen MR) is 72.0 cm³/mol. The summed E-state index contributed by atoms with van der Waals surface area (Å²) in [5.74, 6) is -0.162. The van der Waals surface area contributed by atoms with Crippen LogP contribution in [0.1, 0.15) is 25.3 Å². The fourth-order valence-electron chi connectivity index (χ4n) is 2.52. The lowest BCUT2D eigenvalue weighted by Gasteiger charge is -2.32. The molecule has 1 aliphatic rings. The van der Waals surface area contributed by atoms with Gasteiger partial charge in [0.1, 0.15) is 5.82 Å². The number of aliphatic hydroxyl groups is 1. The van der Waals surface area contributed by atoms with Crippen molar-refractivity contribution in [3.05, 3.63) is 34.1 Å². The van der Waals surface area contributed by atoms with E-state index in [0.29, 0.717) is 31.6 Å². The Morgan fingerprint density at radius 2 is 2.33 bits per heavy atom. The molecule has 1 N–H and O–H groups in total. The molecule has 0 spiro atoms. The van der Waals surface area contributed by atoms with Crippen molar-refractivity contribution in [1.82, 2.24) is 0 Å². The Morgan fingerprint density at radius 3 is 2.94 bits per heavy atom. The van der Waals surface area contributed by atoms with Crippen molar-refractivity contribution in [1.29, 1.82) is 0 Å². The van der Waals surface area contributed by atoms with Crippen molar-refractivity contribution in [3.8, 4) is 0 Å². The van der Waals surface area contributed by atoms with Crippen LogP contribution in [0.3, 0.4) is 0 Å². The first kappa shape index (κ1) is 14.0. The summed E-state index contributed by atoms with van der Waals surface area (Å²) in [6, 6.07) is 4.84. The Labute approximate surface area is 115 Å². The zero-order valence-electron chi connectivity index (χ0n) is 10.5. The summed E-state index contributed by atoms with van der Waals surface area (Å²) < 4.78 is 19.9. The molecule has 0 radical (unpaired) electrons. The molecule has 2 nitrogen and oxygen atoms in total. The Kier molecular flexibility index (Phi) is 4.41. The van der Waals surface area contributed by atoms with Gasteiger partial charge in [-0.15, -0.1) is 0 Å². The number of ether oxygens (including phenoxy) is 1. The number of benzene rings is 1. The fourth-order valence-corrected chi connectivity index (χ4v) is 2.93. The Hall–Kier alpha value is -0.450. The van der Waals surface area contributed by atoms with Crippen molar-refractivity contribution in [2.24, 2.45) is 5.92 Å². The van der Waals surface area contributed by atoms with E-state index in [-0.39, 0.29) is 11.7 Å². The van der Waals surface area contributed by atoms with Crippen LogP contribution in [0.2, 0.25) is 0 Å². The molecule has 1 fully saturated rings. The number of hydrogen-bond acceptors (Lipinski definition) is 2. The highest BCUT2D eigenvalue weighted by Gasteiger charge is 2.38. The second kappa shape index (κ2) is 5.68. The van der Waals surface area contributed by atoms with E-state index < -0.39 is 5.60 Å². The Bertz CT molecular complexity index is 418. The lowest BCUT2D eigenvalue weighted by molar-refractivity contribution is -0.0254. The fraction of sp³-hybridized carbons (Fsp3) is 0.571. The van der Waals surface area contributed by atoms with E-state index in [0.717, 1.165) is 10.9 Å². The summed E-state index contributed by atoms with van der Waals surface area (Å²) in [4.78, 5) is 0. The molecule has 2 unspecified atom stereocenters. The molecule has 1 saturated heterocycles. The van der Waals surface area contributed by atoms with Crippen molar-refractivity contribution >= 4 is 15.9 Å². The first-order valence-corrected chi connectivity index (χ1v) is 7.08. The van der Waals surface area contributed by atoms with E-state index in [1.54, 1.807) is 12.1 Å². The van der Waals surface area contributed by atoms with E-state index >= 15 is 0 Å². The third-order valence-corrected chi connectivity index (χ3v) is 4.30. The molecule has 1 aromatic rings. The molecule has 0 bridgehead atoms. The van der Waals surface area contributed by atoms with E-state index in [4.69, 9.17) is 4.74 Å². The van der Waals surface area contributed by atoms with Crippen molar-refractivity contribution in [2.45, 2.75) is 31.8 Å². The summed E-state index contributed by atoms with van der Waals surface area (Å²) in [6.07, 6.45) is 1.79. The molecule has 18 heavy (non-hydrogen) atoms. The topological polar surface area (TPSA) is 29.5 Å². The van der Waals surface area contributed by atoms with Gasteiger partial charge >= 0.3 is 0 Å². The van der Waals surface area contributed by atoms with Crippen LogP contribution >= 0.6 is 15.9 Å². The van der Waals surface area contributed by atoms with E-state index in [1.807, 2.05) is 6.92 Å². The Balaban J connectivity index is 2.21. The standard InChI is InChI=1S/C14H18BrFO2/c1-2-14(17,11-5-6-18-9-11)8-10-7-12(15)3-4-13(10)16/h3-4,7,11,17H,2,5-6,8-9H2,1H3. The molecule has 0 saturated carbocycles. The van der Waals surface area contributed by atoms with Crippen LogP contribution in [0.4, 0.5) is 4.39 Å². The van der Waals surface area contributed by atoms with Gasteiger partial charge < -0.3 is 9.84 Å². The summed E-state index contributed by atoms with van der Waals surface area (Å²) >= 11 is 3.34. The molecule has 0 aliphatic carbocycles. The molecule has 0 aromatic heterocycles. The van der Waals surface area contributed by atoms with E-state index in [2.05, 4.69) is 15.9 Å². The Morgan fingerprint density at radius 1 is 1.56 bits per heavy atom. The number of rotatable bonds is 4. The van der Waals surface area contributed by atoms with E-state index in [9.17, 15) is 9.50 Å². The molecule has 0 amide bonds. The largest absolute Gasteiger partial charge is 0.389 e. The smallest absolute Gasteiger partial charge is 0.126 e. The van der Waals surface area contributed by atoms with Gasteiger partial charge in [-0.05, 0) is 36.6 Å². The summed E-state index contributed by atoms with van der Waals surface area (Å²) in [5.41, 5.74) is -0.321. The minimum atomic E-state index is -0.877. The second-order valence-electron chi connectivity index (χ2n) is 4.93. The van der Waals surface area contributed by atoms with Crippen LogP contribution in [0, 0.1) is 11.7 Å². The van der Waals surface area contributed by atoms with Crippen LogP contribution in [0.15, 0.2) is 22.7 Å². The van der Waals surface area contributed by atoms with Gasteiger partial charge in [-0.25, -0.2) is 4.39 Å². The molecule has 1 aromatic carbocycles. The second-order valence-corrected chi connectivity index (χ2v) is 5.85. The summed E-state index contributed by atoms with van der Waals surface area (Å²) in [7, 11) is 0. The minimum absolute atomic E-state index is 0.0980. The molecule has 4 heteroatoms. The van der Waals surface area contributed by atoms with Gasteiger partial charge in [-0.1, -0.05) is 22.9 Å². The third kappa shape index (κ3) is 2.92. The third-order valence-electron chi connectivity index (χ3n) is 3.81. The van der Waals surface area contributed by atoms with Crippen molar-refractivity contribution < 1.29 is 14.2 Å². The molecular formula is C14H18BrFO2. The lowest BCUT2D eigenvalue weighted by atomic mass is 9.79. The minimum Gasteiger partial charge on any atom is -0.389 e. The average Bonchev–Trinajstić information content (AvgIpc) is 2.88. The van der Waals surface area contributed by atoms with Crippen molar-refractivity contribution in [2.75, 3.05) is 13.2 Å². The summed E-state index contributed by atoms with van der Waals surface area (Å²) in [5, 5.41) is 10.7. The first-order valence-electron chi connectivity index (χ1n) is 6.29. The lowest BCUT2D eigenvalue weighted by Crippen LogP contribution is -2.40. The molecule has 100 valence electrons. The van der Waals surface area contributed by atoms with Gasteiger partial charge in [0.15, 0.2) is 0 Å². The van der Waals surface area contributed by atoms with Crippen LogP contribution in [-0.2, 0) is 11.2 Å². The number of hydrogen-bond donors (Lipinski definition) is 1. The molecule has 1 heterocycles. The molecule has 1 aliphatic heterocycles. The molecular weight excluding hydrogens is 299 g/mol. The van der Waals surface area contributed by atoms with Gasteiger partial charge in [0.25, 0.3) is 0 Å². The van der Waals surface area contributed by atoms with Gasteiger partial charge in [0.05, 0.1) is 12.2 Å². The van der Waals surface area contributed by atoms with Gasteiger partial charge in [0.2, 0.25) is 0 Å². The van der Waals surface area contributed by atoms with Crippen LogP contribution in [-0.4, -0.2) is 23.9 Å². The highest BCUT2D eigenvalue weighted by atomic mass is 79.9. The van der Waals surface area contributed by atoms with Crippen LogP contribution in [0.5, 0.6) is 0 Å². The zero-order chi connectivity index (χ0) is 13.2. The monoisotopic (exact) mass is 316 g/mol. The highest BCUT2D eigenvalue weighted by Crippen LogP contribution is 2.33. The highest BCUT2D eigenvalue weighted by molar-refractivity contribution is 9.10. The zero-order valence-corrected chi connectivity index (χ0v) is 12.0. The molecule has 2 atom stereocenters.